The van der Waals surface area contributed by atoms with Crippen LogP contribution >= 0.6 is 0 Å². The van der Waals surface area contributed by atoms with Crippen molar-refractivity contribution in [1.82, 2.24) is 14.4 Å². The fourth-order valence-corrected chi connectivity index (χ4v) is 1.11. The van der Waals surface area contributed by atoms with E-state index in [0.717, 1.165) is 10.6 Å². The van der Waals surface area contributed by atoms with Crippen LogP contribution in [-0.4, -0.2) is 14.4 Å². The van der Waals surface area contributed by atoms with E-state index in [1.54, 1.807) is 0 Å². The van der Waals surface area contributed by atoms with Crippen LogP contribution in [0.3, 0.4) is 0 Å². The van der Waals surface area contributed by atoms with Gasteiger partial charge in [-0.2, -0.15) is 13.2 Å². The standard InChI is InChI=1S/C8H4F3N3O/c9-8(10,11)5-3-7(15)14-2-1-12-4-6(14)13-5/h1-4H. The molecule has 7 heteroatoms. The Morgan fingerprint density at radius 3 is 2.73 bits per heavy atom. The average molecular weight is 215 g/mol. The molecule has 78 valence electrons. The van der Waals surface area contributed by atoms with Gasteiger partial charge in [-0.15, -0.1) is 0 Å². The summed E-state index contributed by atoms with van der Waals surface area (Å²) >= 11 is 0. The summed E-state index contributed by atoms with van der Waals surface area (Å²) < 4.78 is 37.8. The number of hydrogen-bond donors (Lipinski definition) is 0. The summed E-state index contributed by atoms with van der Waals surface area (Å²) in [5, 5.41) is 0. The maximum absolute atomic E-state index is 12.3. The van der Waals surface area contributed by atoms with E-state index >= 15 is 0 Å². The van der Waals surface area contributed by atoms with Crippen LogP contribution in [0.4, 0.5) is 13.2 Å². The maximum atomic E-state index is 12.3. The molecule has 0 spiro atoms. The molecule has 0 atom stereocenters. The predicted molar refractivity (Wildman–Crippen MR) is 44.3 cm³/mol. The topological polar surface area (TPSA) is 47.3 Å². The van der Waals surface area contributed by atoms with Crippen molar-refractivity contribution in [2.45, 2.75) is 6.18 Å². The molecule has 0 unspecified atom stereocenters. The SMILES string of the molecule is O=c1cc(C(F)(F)F)nc2cnccn12. The highest BCUT2D eigenvalue weighted by atomic mass is 19.4. The first-order chi connectivity index (χ1) is 6.98. The lowest BCUT2D eigenvalue weighted by Crippen LogP contribution is -2.19. The summed E-state index contributed by atoms with van der Waals surface area (Å²) in [5.74, 6) is 0. The Morgan fingerprint density at radius 2 is 2.07 bits per heavy atom. The number of aromatic nitrogens is 3. The zero-order valence-electron chi connectivity index (χ0n) is 7.19. The Kier molecular flexibility index (Phi) is 1.95. The van der Waals surface area contributed by atoms with Crippen molar-refractivity contribution in [2.75, 3.05) is 0 Å². The summed E-state index contributed by atoms with van der Waals surface area (Å²) in [6.07, 6.45) is -0.978. The van der Waals surface area contributed by atoms with Gasteiger partial charge in [-0.1, -0.05) is 0 Å². The first-order valence-corrected chi connectivity index (χ1v) is 3.89. The lowest BCUT2D eigenvalue weighted by Gasteiger charge is -2.06. The van der Waals surface area contributed by atoms with E-state index < -0.39 is 17.4 Å². The Labute approximate surface area is 81.0 Å². The predicted octanol–water partition coefficient (Wildman–Crippen LogP) is 1.11. The van der Waals surface area contributed by atoms with E-state index in [-0.39, 0.29) is 5.65 Å². The van der Waals surface area contributed by atoms with Crippen LogP contribution < -0.4 is 5.56 Å². The third kappa shape index (κ3) is 1.67. The van der Waals surface area contributed by atoms with E-state index in [9.17, 15) is 18.0 Å². The van der Waals surface area contributed by atoms with Crippen molar-refractivity contribution >= 4 is 5.65 Å². The molecule has 0 saturated heterocycles. The molecule has 0 N–H and O–H groups in total. The quantitative estimate of drug-likeness (QED) is 0.661. The summed E-state index contributed by atoms with van der Waals surface area (Å²) in [7, 11) is 0. The maximum Gasteiger partial charge on any atom is 0.433 e. The van der Waals surface area contributed by atoms with Crippen LogP contribution in [0.15, 0.2) is 29.5 Å². The second-order valence-corrected chi connectivity index (χ2v) is 2.78. The molecule has 0 saturated carbocycles. The molecule has 0 aliphatic rings. The number of rotatable bonds is 0. The van der Waals surface area contributed by atoms with Gasteiger partial charge in [-0.05, 0) is 0 Å². The van der Waals surface area contributed by atoms with Crippen LogP contribution in [0.25, 0.3) is 5.65 Å². The van der Waals surface area contributed by atoms with Gasteiger partial charge in [-0.3, -0.25) is 14.2 Å². The zero-order chi connectivity index (χ0) is 11.1. The van der Waals surface area contributed by atoms with E-state index in [1.165, 1.54) is 12.4 Å². The van der Waals surface area contributed by atoms with Crippen molar-refractivity contribution < 1.29 is 13.2 Å². The van der Waals surface area contributed by atoms with Crippen molar-refractivity contribution in [2.24, 2.45) is 0 Å². The molecular weight excluding hydrogens is 211 g/mol. The van der Waals surface area contributed by atoms with E-state index in [4.69, 9.17) is 0 Å². The van der Waals surface area contributed by atoms with E-state index in [0.29, 0.717) is 6.07 Å². The fraction of sp³-hybridized carbons (Fsp3) is 0.125. The van der Waals surface area contributed by atoms with Crippen molar-refractivity contribution in [3.63, 3.8) is 0 Å². The van der Waals surface area contributed by atoms with Crippen molar-refractivity contribution in [3.8, 4) is 0 Å². The molecule has 0 aromatic carbocycles. The molecule has 0 radical (unpaired) electrons. The summed E-state index contributed by atoms with van der Waals surface area (Å²) in [6.45, 7) is 0. The van der Waals surface area contributed by atoms with Gasteiger partial charge in [0.1, 0.15) is 0 Å². The molecule has 2 rings (SSSR count). The zero-order valence-corrected chi connectivity index (χ0v) is 7.19. The molecule has 0 aliphatic carbocycles. The molecule has 2 aromatic rings. The highest BCUT2D eigenvalue weighted by molar-refractivity contribution is 5.35. The highest BCUT2D eigenvalue weighted by Gasteiger charge is 2.33. The van der Waals surface area contributed by atoms with Gasteiger partial charge in [0.05, 0.1) is 6.20 Å². The summed E-state index contributed by atoms with van der Waals surface area (Å²) in [5.41, 5.74) is -2.12. The molecule has 15 heavy (non-hydrogen) atoms. The lowest BCUT2D eigenvalue weighted by molar-refractivity contribution is -0.141. The molecule has 0 amide bonds. The van der Waals surface area contributed by atoms with Crippen LogP contribution in [0.5, 0.6) is 0 Å². The van der Waals surface area contributed by atoms with Gasteiger partial charge in [-0.25, -0.2) is 4.98 Å². The first-order valence-electron chi connectivity index (χ1n) is 3.89. The Bertz CT molecular complexity index is 561. The smallest absolute Gasteiger partial charge is 0.269 e. The van der Waals surface area contributed by atoms with Crippen molar-refractivity contribution in [1.29, 1.82) is 0 Å². The minimum Gasteiger partial charge on any atom is -0.269 e. The van der Waals surface area contributed by atoms with Crippen LogP contribution in [-0.2, 0) is 6.18 Å². The normalized spacial score (nSPS) is 11.9. The molecule has 4 nitrogen and oxygen atoms in total. The monoisotopic (exact) mass is 215 g/mol. The number of nitrogens with zero attached hydrogens (tertiary/aromatic N) is 3. The third-order valence-corrected chi connectivity index (χ3v) is 1.76. The Morgan fingerprint density at radius 1 is 1.33 bits per heavy atom. The number of fused-ring (bicyclic) bond motifs is 1. The average Bonchev–Trinajstić information content (AvgIpc) is 2.16. The summed E-state index contributed by atoms with van der Waals surface area (Å²) in [6, 6.07) is 0.451. The molecule has 2 aromatic heterocycles. The van der Waals surface area contributed by atoms with Gasteiger partial charge >= 0.3 is 6.18 Å². The van der Waals surface area contributed by atoms with E-state index in [2.05, 4.69) is 9.97 Å². The minimum absolute atomic E-state index is 0.127. The minimum atomic E-state index is -4.62. The van der Waals surface area contributed by atoms with E-state index in [1.807, 2.05) is 0 Å². The number of alkyl halides is 3. The fourth-order valence-electron chi connectivity index (χ4n) is 1.11. The van der Waals surface area contributed by atoms with Crippen LogP contribution in [0, 0.1) is 0 Å². The van der Waals surface area contributed by atoms with Gasteiger partial charge in [0.2, 0.25) is 0 Å². The van der Waals surface area contributed by atoms with Crippen LogP contribution in [0.1, 0.15) is 5.69 Å². The third-order valence-electron chi connectivity index (χ3n) is 1.76. The second-order valence-electron chi connectivity index (χ2n) is 2.78. The van der Waals surface area contributed by atoms with Crippen LogP contribution in [0.2, 0.25) is 0 Å². The molecule has 0 aliphatic heterocycles. The Hall–Kier alpha value is -1.92. The number of hydrogen-bond acceptors (Lipinski definition) is 3. The van der Waals surface area contributed by atoms with Gasteiger partial charge in [0.15, 0.2) is 11.3 Å². The lowest BCUT2D eigenvalue weighted by atomic mass is 10.4. The molecular formula is C8H4F3N3O. The van der Waals surface area contributed by atoms with Gasteiger partial charge in [0, 0.05) is 18.5 Å². The molecule has 0 bridgehead atoms. The largest absolute Gasteiger partial charge is 0.433 e. The summed E-state index contributed by atoms with van der Waals surface area (Å²) in [4.78, 5) is 18.1. The number of halogens is 3. The Balaban J connectivity index is 2.79. The molecule has 2 heterocycles. The van der Waals surface area contributed by atoms with Gasteiger partial charge in [0.25, 0.3) is 5.56 Å². The highest BCUT2D eigenvalue weighted by Crippen LogP contribution is 2.26. The van der Waals surface area contributed by atoms with Gasteiger partial charge < -0.3 is 0 Å². The molecule has 0 fully saturated rings. The second kappa shape index (κ2) is 3.04. The van der Waals surface area contributed by atoms with Crippen molar-refractivity contribution in [3.05, 3.63) is 40.7 Å². The first kappa shape index (κ1) is 9.63.